The molecule has 0 saturated heterocycles. The number of benzene rings is 2. The van der Waals surface area contributed by atoms with Gasteiger partial charge in [-0.3, -0.25) is 0 Å². The second-order valence-electron chi connectivity index (χ2n) is 6.44. The molecule has 0 amide bonds. The van der Waals surface area contributed by atoms with Crippen LogP contribution in [-0.2, 0) is 0 Å². The Kier molecular flexibility index (Phi) is 6.67. The van der Waals surface area contributed by atoms with Gasteiger partial charge >= 0.3 is 0 Å². The fourth-order valence-corrected chi connectivity index (χ4v) is 3.23. The average Bonchev–Trinajstić information content (AvgIpc) is 2.74. The second-order valence-corrected chi connectivity index (χ2v) is 6.85. The molecule has 0 aliphatic carbocycles. The number of hydrogen-bond donors (Lipinski definition) is 3. The Morgan fingerprint density at radius 3 is 2.52 bits per heavy atom. The summed E-state index contributed by atoms with van der Waals surface area (Å²) < 4.78 is 5.22. The molecule has 3 N–H and O–H groups in total. The predicted molar refractivity (Wildman–Crippen MR) is 120 cm³/mol. The highest BCUT2D eigenvalue weighted by atomic mass is 35.5. The monoisotopic (exact) mass is 409 g/mol. The molecule has 0 saturated carbocycles. The first-order chi connectivity index (χ1) is 14.1. The number of anilines is 3. The van der Waals surface area contributed by atoms with Gasteiger partial charge in [0.05, 0.1) is 17.8 Å². The van der Waals surface area contributed by atoms with Gasteiger partial charge in [-0.2, -0.15) is 0 Å². The fraction of sp³-hybridized carbons (Fsp3) is 0.227. The molecule has 0 fully saturated rings. The van der Waals surface area contributed by atoms with Gasteiger partial charge in [-0.25, -0.2) is 9.97 Å². The number of ether oxygens (including phenoxy) is 1. The van der Waals surface area contributed by atoms with E-state index >= 15 is 0 Å². The molecular formula is C22H24ClN5O. The van der Waals surface area contributed by atoms with E-state index in [0.717, 1.165) is 17.7 Å². The van der Waals surface area contributed by atoms with Crippen LogP contribution in [0.4, 0.5) is 17.2 Å². The van der Waals surface area contributed by atoms with Crippen LogP contribution >= 0.6 is 11.6 Å². The Labute approximate surface area is 175 Å². The minimum Gasteiger partial charge on any atom is -0.495 e. The van der Waals surface area contributed by atoms with Gasteiger partial charge in [-0.1, -0.05) is 55.3 Å². The molecule has 0 aliphatic heterocycles. The highest BCUT2D eigenvalue weighted by Gasteiger charge is 2.18. The lowest BCUT2D eigenvalue weighted by atomic mass is 10.1. The van der Waals surface area contributed by atoms with E-state index in [1.165, 1.54) is 0 Å². The molecule has 0 spiro atoms. The standard InChI is InChI=1S/C22H24ClN5O/c1-4-8-17(24)19-20(25-2)22(26-15-11-12-18(29-3)16(23)13-15)28-21(27-19)14-9-6-5-7-10-14/h5-7,9-13,24-25H,4,8H2,1-3H3,(H,26,27,28). The molecule has 6 nitrogen and oxygen atoms in total. The molecule has 150 valence electrons. The Morgan fingerprint density at radius 2 is 1.90 bits per heavy atom. The maximum atomic E-state index is 8.50. The average molecular weight is 410 g/mol. The molecule has 0 radical (unpaired) electrons. The van der Waals surface area contributed by atoms with Crippen molar-refractivity contribution in [1.29, 1.82) is 5.41 Å². The van der Waals surface area contributed by atoms with Crippen molar-refractivity contribution in [3.63, 3.8) is 0 Å². The Hall–Kier alpha value is -3.12. The summed E-state index contributed by atoms with van der Waals surface area (Å²) in [6, 6.07) is 15.2. The zero-order valence-electron chi connectivity index (χ0n) is 16.7. The van der Waals surface area contributed by atoms with E-state index in [0.29, 0.717) is 45.9 Å². The Morgan fingerprint density at radius 1 is 1.14 bits per heavy atom. The van der Waals surface area contributed by atoms with Gasteiger partial charge in [-0.15, -0.1) is 0 Å². The van der Waals surface area contributed by atoms with E-state index in [9.17, 15) is 0 Å². The van der Waals surface area contributed by atoms with E-state index in [2.05, 4.69) is 10.6 Å². The molecule has 1 aromatic heterocycles. The van der Waals surface area contributed by atoms with Crippen molar-refractivity contribution in [2.24, 2.45) is 0 Å². The van der Waals surface area contributed by atoms with Gasteiger partial charge in [0.15, 0.2) is 11.6 Å². The van der Waals surface area contributed by atoms with Crippen LogP contribution in [0.25, 0.3) is 11.4 Å². The third kappa shape index (κ3) is 4.66. The van der Waals surface area contributed by atoms with E-state index in [1.807, 2.05) is 43.3 Å². The lowest BCUT2D eigenvalue weighted by Gasteiger charge is -2.17. The first-order valence-electron chi connectivity index (χ1n) is 9.41. The zero-order chi connectivity index (χ0) is 20.8. The maximum absolute atomic E-state index is 8.50. The van der Waals surface area contributed by atoms with E-state index in [1.54, 1.807) is 26.3 Å². The van der Waals surface area contributed by atoms with Crippen LogP contribution in [-0.4, -0.2) is 29.8 Å². The molecule has 0 atom stereocenters. The van der Waals surface area contributed by atoms with Gasteiger partial charge in [0.25, 0.3) is 0 Å². The lowest BCUT2D eigenvalue weighted by Crippen LogP contribution is -2.12. The molecule has 7 heteroatoms. The summed E-state index contributed by atoms with van der Waals surface area (Å²) in [5, 5.41) is 15.5. The SMILES string of the molecule is CCCC(=N)c1nc(-c2ccccc2)nc(Nc2ccc(OC)c(Cl)c2)c1NC. The number of hydrogen-bond acceptors (Lipinski definition) is 6. The van der Waals surface area contributed by atoms with Crippen molar-refractivity contribution in [1.82, 2.24) is 9.97 Å². The van der Waals surface area contributed by atoms with Gasteiger partial charge in [0.2, 0.25) is 0 Å². The first-order valence-corrected chi connectivity index (χ1v) is 9.78. The van der Waals surface area contributed by atoms with Gasteiger partial charge < -0.3 is 20.8 Å². The van der Waals surface area contributed by atoms with Crippen LogP contribution < -0.4 is 15.4 Å². The first kappa shape index (κ1) is 20.6. The number of nitrogens with zero attached hydrogens (tertiary/aromatic N) is 2. The molecule has 0 bridgehead atoms. The summed E-state index contributed by atoms with van der Waals surface area (Å²) >= 11 is 6.27. The number of aromatic nitrogens is 2. The van der Waals surface area contributed by atoms with Crippen LogP contribution in [0.3, 0.4) is 0 Å². The van der Waals surface area contributed by atoms with Crippen LogP contribution in [0.5, 0.6) is 5.75 Å². The van der Waals surface area contributed by atoms with E-state index < -0.39 is 0 Å². The summed E-state index contributed by atoms with van der Waals surface area (Å²) in [5.74, 6) is 1.74. The zero-order valence-corrected chi connectivity index (χ0v) is 17.5. The Balaban J connectivity index is 2.11. The summed E-state index contributed by atoms with van der Waals surface area (Å²) in [4.78, 5) is 9.42. The quantitative estimate of drug-likeness (QED) is 0.412. The minimum absolute atomic E-state index is 0.465. The van der Waals surface area contributed by atoms with Crippen molar-refractivity contribution >= 4 is 34.5 Å². The third-order valence-electron chi connectivity index (χ3n) is 4.39. The van der Waals surface area contributed by atoms with Gasteiger partial charge in [0.1, 0.15) is 17.1 Å². The van der Waals surface area contributed by atoms with Crippen LogP contribution in [0, 0.1) is 5.41 Å². The third-order valence-corrected chi connectivity index (χ3v) is 4.69. The van der Waals surface area contributed by atoms with Crippen molar-refractivity contribution < 1.29 is 4.74 Å². The van der Waals surface area contributed by atoms with E-state index in [4.69, 9.17) is 31.7 Å². The van der Waals surface area contributed by atoms with E-state index in [-0.39, 0.29) is 0 Å². The Bertz CT molecular complexity index is 1010. The van der Waals surface area contributed by atoms with Crippen LogP contribution in [0.15, 0.2) is 48.5 Å². The fourth-order valence-electron chi connectivity index (χ4n) is 2.97. The summed E-state index contributed by atoms with van der Waals surface area (Å²) in [6.45, 7) is 2.05. The van der Waals surface area contributed by atoms with Crippen molar-refractivity contribution in [3.8, 4) is 17.1 Å². The molecule has 1 heterocycles. The smallest absolute Gasteiger partial charge is 0.162 e. The number of nitrogens with one attached hydrogen (secondary N) is 3. The highest BCUT2D eigenvalue weighted by molar-refractivity contribution is 6.32. The lowest BCUT2D eigenvalue weighted by molar-refractivity contribution is 0.415. The van der Waals surface area contributed by atoms with Crippen molar-refractivity contribution in [2.75, 3.05) is 24.8 Å². The molecule has 0 aliphatic rings. The topological polar surface area (TPSA) is 82.9 Å². The predicted octanol–water partition coefficient (Wildman–Crippen LogP) is 5.76. The summed E-state index contributed by atoms with van der Waals surface area (Å²) in [6.07, 6.45) is 1.50. The molecule has 29 heavy (non-hydrogen) atoms. The second kappa shape index (κ2) is 9.39. The van der Waals surface area contributed by atoms with Crippen LogP contribution in [0.1, 0.15) is 25.5 Å². The maximum Gasteiger partial charge on any atom is 0.162 e. The van der Waals surface area contributed by atoms with Crippen LogP contribution in [0.2, 0.25) is 5.02 Å². The minimum atomic E-state index is 0.465. The van der Waals surface area contributed by atoms with Gasteiger partial charge in [-0.05, 0) is 24.6 Å². The number of methoxy groups -OCH3 is 1. The van der Waals surface area contributed by atoms with Crippen molar-refractivity contribution in [2.45, 2.75) is 19.8 Å². The molecule has 2 aromatic carbocycles. The molecule has 0 unspecified atom stereocenters. The van der Waals surface area contributed by atoms with Crippen molar-refractivity contribution in [3.05, 3.63) is 59.2 Å². The number of halogens is 1. The molecule has 3 rings (SSSR count). The molecular weight excluding hydrogens is 386 g/mol. The highest BCUT2D eigenvalue weighted by Crippen LogP contribution is 2.33. The molecule has 3 aromatic rings. The number of rotatable bonds is 8. The summed E-state index contributed by atoms with van der Waals surface area (Å²) in [5.41, 5.74) is 3.38. The normalized spacial score (nSPS) is 10.5. The largest absolute Gasteiger partial charge is 0.495 e. The van der Waals surface area contributed by atoms with Gasteiger partial charge in [0, 0.05) is 18.3 Å². The summed E-state index contributed by atoms with van der Waals surface area (Å²) in [7, 11) is 3.38.